The molecule has 0 saturated carbocycles. The molecule has 0 aliphatic heterocycles. The van der Waals surface area contributed by atoms with Crippen LogP contribution < -0.4 is 0 Å². The van der Waals surface area contributed by atoms with Gasteiger partial charge < -0.3 is 0 Å². The molecule has 0 heterocycles. The summed E-state index contributed by atoms with van der Waals surface area (Å²) in [6, 6.07) is 0. The molecule has 0 spiro atoms. The molecule has 1 atom stereocenters. The Balaban J connectivity index is 3.29. The van der Waals surface area contributed by atoms with Gasteiger partial charge >= 0.3 is 0 Å². The van der Waals surface area contributed by atoms with Crippen molar-refractivity contribution < 1.29 is 0 Å². The fraction of sp³-hybridized carbons (Fsp3) is 0.600. The van der Waals surface area contributed by atoms with Crippen molar-refractivity contribution in [2.75, 3.05) is 5.75 Å². The van der Waals surface area contributed by atoms with E-state index in [1.807, 2.05) is 11.8 Å². The SMILES string of the molecule is CC=CCSC(C)C/C=C\C. The lowest BCUT2D eigenvalue weighted by Gasteiger charge is -2.04. The first kappa shape index (κ1) is 10.8. The van der Waals surface area contributed by atoms with Crippen LogP contribution in [0.15, 0.2) is 24.3 Å². The van der Waals surface area contributed by atoms with Crippen molar-refractivity contribution in [3.63, 3.8) is 0 Å². The quantitative estimate of drug-likeness (QED) is 0.567. The number of allylic oxidation sites excluding steroid dienone is 3. The third-order valence-corrected chi connectivity index (χ3v) is 2.56. The van der Waals surface area contributed by atoms with Gasteiger partial charge in [0.05, 0.1) is 0 Å². The first-order valence-electron chi connectivity index (χ1n) is 4.15. The molecule has 0 aromatic carbocycles. The maximum atomic E-state index is 2.27. The molecule has 0 amide bonds. The first-order valence-corrected chi connectivity index (χ1v) is 5.20. The van der Waals surface area contributed by atoms with E-state index in [1.165, 1.54) is 6.42 Å². The van der Waals surface area contributed by atoms with Crippen molar-refractivity contribution in [1.29, 1.82) is 0 Å². The average Bonchev–Trinajstić information content (AvgIpc) is 2.01. The molecule has 0 aromatic heterocycles. The van der Waals surface area contributed by atoms with Crippen LogP contribution in [0.5, 0.6) is 0 Å². The van der Waals surface area contributed by atoms with E-state index in [-0.39, 0.29) is 0 Å². The minimum absolute atomic E-state index is 0.752. The largest absolute Gasteiger partial charge is 0.154 e. The molecular weight excluding hydrogens is 152 g/mol. The molecule has 0 saturated heterocycles. The van der Waals surface area contributed by atoms with Crippen LogP contribution in [0.2, 0.25) is 0 Å². The number of thioether (sulfide) groups is 1. The van der Waals surface area contributed by atoms with Gasteiger partial charge in [0.2, 0.25) is 0 Å². The highest BCUT2D eigenvalue weighted by Crippen LogP contribution is 2.14. The Kier molecular flexibility index (Phi) is 7.81. The van der Waals surface area contributed by atoms with Crippen LogP contribution in [0.25, 0.3) is 0 Å². The van der Waals surface area contributed by atoms with Crippen LogP contribution in [0.4, 0.5) is 0 Å². The Bertz CT molecular complexity index is 125. The summed E-state index contributed by atoms with van der Waals surface area (Å²) in [4.78, 5) is 0. The molecule has 1 heteroatoms. The Morgan fingerprint density at radius 1 is 1.18 bits per heavy atom. The van der Waals surface area contributed by atoms with Crippen molar-refractivity contribution >= 4 is 11.8 Å². The van der Waals surface area contributed by atoms with Crippen molar-refractivity contribution in [3.8, 4) is 0 Å². The fourth-order valence-electron chi connectivity index (χ4n) is 0.712. The van der Waals surface area contributed by atoms with E-state index >= 15 is 0 Å². The third kappa shape index (κ3) is 7.73. The van der Waals surface area contributed by atoms with Crippen LogP contribution in [0, 0.1) is 0 Å². The summed E-state index contributed by atoms with van der Waals surface area (Å²) < 4.78 is 0. The van der Waals surface area contributed by atoms with Crippen LogP contribution >= 0.6 is 11.8 Å². The van der Waals surface area contributed by atoms with E-state index in [9.17, 15) is 0 Å². The van der Waals surface area contributed by atoms with Crippen LogP contribution in [-0.2, 0) is 0 Å². The summed E-state index contributed by atoms with van der Waals surface area (Å²) in [7, 11) is 0. The lowest BCUT2D eigenvalue weighted by atomic mass is 10.3. The zero-order valence-electron chi connectivity index (χ0n) is 7.71. The van der Waals surface area contributed by atoms with Gasteiger partial charge in [-0.25, -0.2) is 0 Å². The van der Waals surface area contributed by atoms with Gasteiger partial charge in [0.25, 0.3) is 0 Å². The second kappa shape index (κ2) is 7.93. The predicted molar refractivity (Wildman–Crippen MR) is 56.2 cm³/mol. The summed E-state index contributed by atoms with van der Waals surface area (Å²) in [5.41, 5.74) is 0. The first-order chi connectivity index (χ1) is 5.31. The molecule has 0 radical (unpaired) electrons. The van der Waals surface area contributed by atoms with Gasteiger partial charge in [0.1, 0.15) is 0 Å². The standard InChI is InChI=1S/C10H18S/c1-4-6-8-10(3)11-9-7-5-2/h4-7,10H,8-9H2,1-3H3/b6-4-,7-5?. The normalized spacial score (nSPS) is 14.8. The van der Waals surface area contributed by atoms with Crippen molar-refractivity contribution in [3.05, 3.63) is 24.3 Å². The number of hydrogen-bond acceptors (Lipinski definition) is 1. The molecule has 0 N–H and O–H groups in total. The van der Waals surface area contributed by atoms with E-state index in [4.69, 9.17) is 0 Å². The number of rotatable bonds is 5. The van der Waals surface area contributed by atoms with Crippen molar-refractivity contribution in [2.24, 2.45) is 0 Å². The molecule has 0 aromatic rings. The zero-order valence-corrected chi connectivity index (χ0v) is 8.53. The van der Waals surface area contributed by atoms with Crippen LogP contribution in [0.3, 0.4) is 0 Å². The molecule has 0 aliphatic carbocycles. The van der Waals surface area contributed by atoms with Crippen molar-refractivity contribution in [2.45, 2.75) is 32.4 Å². The van der Waals surface area contributed by atoms with Crippen LogP contribution in [-0.4, -0.2) is 11.0 Å². The van der Waals surface area contributed by atoms with E-state index < -0.39 is 0 Å². The molecule has 64 valence electrons. The zero-order chi connectivity index (χ0) is 8.53. The van der Waals surface area contributed by atoms with E-state index in [1.54, 1.807) is 0 Å². The Labute approximate surface area is 74.8 Å². The molecule has 0 bridgehead atoms. The summed E-state index contributed by atoms with van der Waals surface area (Å²) in [5.74, 6) is 1.15. The number of hydrogen-bond donors (Lipinski definition) is 0. The molecule has 0 nitrogen and oxygen atoms in total. The summed E-state index contributed by atoms with van der Waals surface area (Å²) in [6.07, 6.45) is 9.85. The maximum Gasteiger partial charge on any atom is 0.0116 e. The second-order valence-electron chi connectivity index (χ2n) is 2.52. The smallest absolute Gasteiger partial charge is 0.0116 e. The van der Waals surface area contributed by atoms with Gasteiger partial charge in [0.15, 0.2) is 0 Å². The lowest BCUT2D eigenvalue weighted by molar-refractivity contribution is 0.981. The van der Waals surface area contributed by atoms with Crippen molar-refractivity contribution in [1.82, 2.24) is 0 Å². The highest BCUT2D eigenvalue weighted by Gasteiger charge is 1.96. The van der Waals surface area contributed by atoms with Gasteiger partial charge in [-0.3, -0.25) is 0 Å². The van der Waals surface area contributed by atoms with Crippen LogP contribution in [0.1, 0.15) is 27.2 Å². The van der Waals surface area contributed by atoms with Gasteiger partial charge in [0, 0.05) is 11.0 Å². The van der Waals surface area contributed by atoms with E-state index in [0.717, 1.165) is 11.0 Å². The maximum absolute atomic E-state index is 2.27. The Morgan fingerprint density at radius 3 is 2.36 bits per heavy atom. The summed E-state index contributed by atoms with van der Waals surface area (Å²) in [6.45, 7) is 6.41. The summed E-state index contributed by atoms with van der Waals surface area (Å²) >= 11 is 2.00. The van der Waals surface area contributed by atoms with E-state index in [0.29, 0.717) is 0 Å². The lowest BCUT2D eigenvalue weighted by Crippen LogP contribution is -1.93. The van der Waals surface area contributed by atoms with Gasteiger partial charge in [-0.05, 0) is 20.3 Å². The van der Waals surface area contributed by atoms with Gasteiger partial charge in [-0.15, -0.1) is 0 Å². The fourth-order valence-corrected chi connectivity index (χ4v) is 1.59. The predicted octanol–water partition coefficient (Wildman–Crippen LogP) is 3.65. The average molecular weight is 170 g/mol. The monoisotopic (exact) mass is 170 g/mol. The highest BCUT2D eigenvalue weighted by atomic mass is 32.2. The van der Waals surface area contributed by atoms with Gasteiger partial charge in [-0.2, -0.15) is 11.8 Å². The molecule has 1 unspecified atom stereocenters. The third-order valence-electron chi connectivity index (χ3n) is 1.42. The molecule has 0 rings (SSSR count). The highest BCUT2D eigenvalue weighted by molar-refractivity contribution is 8.00. The molecular formula is C10H18S. The Hall–Kier alpha value is -0.170. The van der Waals surface area contributed by atoms with E-state index in [2.05, 4.69) is 45.1 Å². The Morgan fingerprint density at radius 2 is 1.82 bits per heavy atom. The molecule has 0 fully saturated rings. The minimum atomic E-state index is 0.752. The second-order valence-corrected chi connectivity index (χ2v) is 3.99. The topological polar surface area (TPSA) is 0 Å². The minimum Gasteiger partial charge on any atom is -0.154 e. The van der Waals surface area contributed by atoms with Gasteiger partial charge in [-0.1, -0.05) is 31.2 Å². The molecule has 0 aliphatic rings. The molecule has 11 heavy (non-hydrogen) atoms. The summed E-state index contributed by atoms with van der Waals surface area (Å²) in [5, 5.41) is 0.752.